The number of anilines is 1. The van der Waals surface area contributed by atoms with Gasteiger partial charge in [0.2, 0.25) is 0 Å². The molecule has 15 heavy (non-hydrogen) atoms. The maximum Gasteiger partial charge on any atom is 0.180 e. The third-order valence-corrected chi connectivity index (χ3v) is 2.74. The summed E-state index contributed by atoms with van der Waals surface area (Å²) in [6.45, 7) is 0. The van der Waals surface area contributed by atoms with E-state index in [1.807, 2.05) is 5.38 Å². The molecule has 1 aromatic heterocycles. The molecule has 80 valence electrons. The van der Waals surface area contributed by atoms with Crippen LogP contribution in [0, 0.1) is 0 Å². The minimum atomic E-state index is 0. The quantitative estimate of drug-likeness (QED) is 0.849. The van der Waals surface area contributed by atoms with E-state index in [9.17, 15) is 5.11 Å². The molecule has 1 aromatic carbocycles. The molecule has 3 N–H and O–H groups in total. The molecule has 0 aliphatic carbocycles. The largest absolute Gasteiger partial charge is 0.506 e. The molecule has 0 saturated heterocycles. The summed E-state index contributed by atoms with van der Waals surface area (Å²) in [5.41, 5.74) is 7.13. The summed E-state index contributed by atoms with van der Waals surface area (Å²) < 4.78 is 0. The number of nitrogens with zero attached hydrogens (tertiary/aromatic N) is 1. The first-order valence-corrected chi connectivity index (χ1v) is 5.12. The number of phenols is 1. The molecule has 6 heteroatoms. The zero-order valence-corrected chi connectivity index (χ0v) is 10.8. The van der Waals surface area contributed by atoms with E-state index in [2.05, 4.69) is 4.98 Å². The fourth-order valence-corrected chi connectivity index (χ4v) is 1.84. The Morgan fingerprint density at radius 1 is 1.40 bits per heavy atom. The van der Waals surface area contributed by atoms with Gasteiger partial charge in [0.15, 0.2) is 5.13 Å². The third kappa shape index (κ3) is 2.62. The van der Waals surface area contributed by atoms with Gasteiger partial charge in [0, 0.05) is 10.9 Å². The van der Waals surface area contributed by atoms with Crippen molar-refractivity contribution in [1.82, 2.24) is 4.98 Å². The number of rotatable bonds is 1. The highest BCUT2D eigenvalue weighted by Crippen LogP contribution is 2.30. The monoisotopic (exact) mass is 306 g/mol. The average Bonchev–Trinajstić information content (AvgIpc) is 2.57. The fraction of sp³-hybridized carbons (Fsp3) is 0. The number of phenolic OH excluding ortho intramolecular Hbond substituents is 1. The molecular formula is C9H8BrClN2OS. The smallest absolute Gasteiger partial charge is 0.180 e. The summed E-state index contributed by atoms with van der Waals surface area (Å²) in [7, 11) is 0. The molecular weight excluding hydrogens is 300 g/mol. The highest BCUT2D eigenvalue weighted by Gasteiger charge is 2.05. The van der Waals surface area contributed by atoms with Crippen LogP contribution in [0.3, 0.4) is 0 Å². The van der Waals surface area contributed by atoms with E-state index >= 15 is 0 Å². The second-order valence-corrected chi connectivity index (χ2v) is 4.03. The average molecular weight is 308 g/mol. The van der Waals surface area contributed by atoms with Gasteiger partial charge >= 0.3 is 0 Å². The van der Waals surface area contributed by atoms with Crippen LogP contribution in [0.5, 0.6) is 5.75 Å². The Balaban J connectivity index is 0.00000112. The molecule has 0 amide bonds. The molecule has 0 saturated carbocycles. The van der Waals surface area contributed by atoms with Crippen LogP contribution in [0.4, 0.5) is 5.13 Å². The van der Waals surface area contributed by atoms with E-state index in [0.717, 1.165) is 11.3 Å². The minimum Gasteiger partial charge on any atom is -0.506 e. The normalized spacial score (nSPS) is 9.67. The highest BCUT2D eigenvalue weighted by molar-refractivity contribution is 8.93. The number of thiazole rings is 1. The molecule has 3 nitrogen and oxygen atoms in total. The van der Waals surface area contributed by atoms with Gasteiger partial charge in [-0.2, -0.15) is 0 Å². The summed E-state index contributed by atoms with van der Waals surface area (Å²) in [5, 5.41) is 11.9. The number of hydrogen-bond donors (Lipinski definition) is 2. The molecule has 0 radical (unpaired) electrons. The van der Waals surface area contributed by atoms with Crippen LogP contribution in [-0.4, -0.2) is 10.1 Å². The van der Waals surface area contributed by atoms with Crippen molar-refractivity contribution in [3.05, 3.63) is 28.6 Å². The van der Waals surface area contributed by atoms with Crippen LogP contribution in [0.2, 0.25) is 5.02 Å². The second-order valence-electron chi connectivity index (χ2n) is 2.74. The van der Waals surface area contributed by atoms with Crippen LogP contribution < -0.4 is 5.73 Å². The number of nitrogens with two attached hydrogens (primary N) is 1. The predicted octanol–water partition coefficient (Wildman–Crippen LogP) is 3.33. The Hall–Kier alpha value is -0.780. The van der Waals surface area contributed by atoms with Crippen molar-refractivity contribution >= 4 is 45.1 Å². The number of hydrogen-bond acceptors (Lipinski definition) is 4. The SMILES string of the molecule is Br.Nc1nc(-c2ccc(O)c(Cl)c2)cs1. The lowest BCUT2D eigenvalue weighted by molar-refractivity contribution is 0.475. The Labute approximate surface area is 106 Å². The predicted molar refractivity (Wildman–Crippen MR) is 69.0 cm³/mol. The number of halogens is 2. The van der Waals surface area contributed by atoms with Gasteiger partial charge in [0.05, 0.1) is 10.7 Å². The molecule has 1 heterocycles. The highest BCUT2D eigenvalue weighted by atomic mass is 79.9. The van der Waals surface area contributed by atoms with Crippen LogP contribution in [0.1, 0.15) is 0 Å². The van der Waals surface area contributed by atoms with Crippen LogP contribution >= 0.6 is 39.9 Å². The fourth-order valence-electron chi connectivity index (χ4n) is 1.09. The van der Waals surface area contributed by atoms with E-state index in [1.54, 1.807) is 12.1 Å². The van der Waals surface area contributed by atoms with Gasteiger partial charge < -0.3 is 10.8 Å². The van der Waals surface area contributed by atoms with Crippen LogP contribution in [0.25, 0.3) is 11.3 Å². The van der Waals surface area contributed by atoms with E-state index in [4.69, 9.17) is 17.3 Å². The number of nitrogen functional groups attached to an aromatic ring is 1. The van der Waals surface area contributed by atoms with Gasteiger partial charge in [0.25, 0.3) is 0 Å². The molecule has 0 bridgehead atoms. The summed E-state index contributed by atoms with van der Waals surface area (Å²) in [6.07, 6.45) is 0. The van der Waals surface area contributed by atoms with Gasteiger partial charge in [-0.05, 0) is 18.2 Å². The first-order chi connectivity index (χ1) is 6.66. The lowest BCUT2D eigenvalue weighted by Gasteiger charge is -1.99. The Morgan fingerprint density at radius 3 is 2.67 bits per heavy atom. The van der Waals surface area contributed by atoms with Crippen LogP contribution in [-0.2, 0) is 0 Å². The lowest BCUT2D eigenvalue weighted by atomic mass is 10.2. The van der Waals surface area contributed by atoms with E-state index < -0.39 is 0 Å². The van der Waals surface area contributed by atoms with Crippen LogP contribution in [0.15, 0.2) is 23.6 Å². The molecule has 0 atom stereocenters. The van der Waals surface area contributed by atoms with E-state index in [0.29, 0.717) is 10.2 Å². The van der Waals surface area contributed by atoms with Gasteiger partial charge in [-0.25, -0.2) is 4.98 Å². The third-order valence-electron chi connectivity index (χ3n) is 1.77. The zero-order chi connectivity index (χ0) is 10.1. The topological polar surface area (TPSA) is 59.1 Å². The maximum absolute atomic E-state index is 9.22. The summed E-state index contributed by atoms with van der Waals surface area (Å²) in [5.74, 6) is 0.0682. The Morgan fingerprint density at radius 2 is 2.13 bits per heavy atom. The first-order valence-electron chi connectivity index (χ1n) is 3.87. The van der Waals surface area contributed by atoms with E-state index in [-0.39, 0.29) is 22.7 Å². The van der Waals surface area contributed by atoms with Gasteiger partial charge in [0.1, 0.15) is 5.75 Å². The minimum absolute atomic E-state index is 0. The molecule has 0 aliphatic rings. The van der Waals surface area contributed by atoms with Crippen molar-refractivity contribution < 1.29 is 5.11 Å². The number of benzene rings is 1. The summed E-state index contributed by atoms with van der Waals surface area (Å²) in [6, 6.07) is 4.94. The molecule has 2 rings (SSSR count). The van der Waals surface area contributed by atoms with Gasteiger partial charge in [-0.1, -0.05) is 11.6 Å². The Kier molecular flexibility index (Phi) is 3.96. The first kappa shape index (κ1) is 12.3. The number of aromatic nitrogens is 1. The molecule has 0 aliphatic heterocycles. The summed E-state index contributed by atoms with van der Waals surface area (Å²) in [4.78, 5) is 4.11. The second kappa shape index (κ2) is 4.83. The van der Waals surface area contributed by atoms with Crippen molar-refractivity contribution in [2.45, 2.75) is 0 Å². The van der Waals surface area contributed by atoms with Crippen molar-refractivity contribution in [2.24, 2.45) is 0 Å². The molecule has 0 fully saturated rings. The number of aromatic hydroxyl groups is 1. The standard InChI is InChI=1S/C9H7ClN2OS.BrH/c10-6-3-5(1-2-8(6)13)7-4-14-9(11)12-7;/h1-4,13H,(H2,11,12);1H. The maximum atomic E-state index is 9.22. The summed E-state index contributed by atoms with van der Waals surface area (Å²) >= 11 is 7.14. The van der Waals surface area contributed by atoms with Gasteiger partial charge in [-0.3, -0.25) is 0 Å². The van der Waals surface area contributed by atoms with Crippen molar-refractivity contribution in [3.8, 4) is 17.0 Å². The van der Waals surface area contributed by atoms with Crippen molar-refractivity contribution in [3.63, 3.8) is 0 Å². The zero-order valence-electron chi connectivity index (χ0n) is 7.48. The molecule has 0 unspecified atom stereocenters. The van der Waals surface area contributed by atoms with Gasteiger partial charge in [-0.15, -0.1) is 28.3 Å². The van der Waals surface area contributed by atoms with Crippen molar-refractivity contribution in [1.29, 1.82) is 0 Å². The lowest BCUT2D eigenvalue weighted by Crippen LogP contribution is -1.82. The Bertz CT molecular complexity index is 475. The molecule has 2 aromatic rings. The van der Waals surface area contributed by atoms with Crippen molar-refractivity contribution in [2.75, 3.05) is 5.73 Å². The van der Waals surface area contributed by atoms with E-state index in [1.165, 1.54) is 17.4 Å². The molecule has 0 spiro atoms.